The van der Waals surface area contributed by atoms with Crippen molar-refractivity contribution in [3.63, 3.8) is 0 Å². The maximum absolute atomic E-state index is 5.48. The van der Waals surface area contributed by atoms with Crippen LogP contribution in [0.5, 0.6) is 11.5 Å². The first-order chi connectivity index (χ1) is 13.4. The van der Waals surface area contributed by atoms with Crippen LogP contribution in [0.25, 0.3) is 10.8 Å². The molecular formula is C22H24ClN3O2. The van der Waals surface area contributed by atoms with E-state index < -0.39 is 0 Å². The lowest BCUT2D eigenvalue weighted by Gasteiger charge is -2.35. The van der Waals surface area contributed by atoms with E-state index in [2.05, 4.69) is 57.2 Å². The molecule has 2 aliphatic rings. The summed E-state index contributed by atoms with van der Waals surface area (Å²) in [6, 6.07) is 16.9. The second-order valence-corrected chi connectivity index (χ2v) is 7.12. The van der Waals surface area contributed by atoms with Crippen molar-refractivity contribution in [2.75, 3.05) is 44.4 Å². The third-order valence-electron chi connectivity index (χ3n) is 5.48. The Morgan fingerprint density at radius 3 is 2.61 bits per heavy atom. The fourth-order valence-electron chi connectivity index (χ4n) is 3.92. The maximum Gasteiger partial charge on any atom is 0.231 e. The van der Waals surface area contributed by atoms with Gasteiger partial charge in [0.15, 0.2) is 11.5 Å². The normalized spacial score (nSPS) is 16.2. The standard InChI is InChI=1S/C22H23N3O2.ClH/c1-2-4-19-18(3-1)7-9-23-22(19)25-13-11-24(12-14-25)10-8-17-5-6-20-21(15-17)27-16-26-20;/h1-7,9,15H,8,10-14,16H2;1H. The van der Waals surface area contributed by atoms with Gasteiger partial charge in [-0.25, -0.2) is 4.98 Å². The molecule has 3 heterocycles. The number of rotatable bonds is 4. The van der Waals surface area contributed by atoms with E-state index in [1.54, 1.807) is 0 Å². The predicted octanol–water partition coefficient (Wildman–Crippen LogP) is 3.75. The zero-order chi connectivity index (χ0) is 18.1. The minimum Gasteiger partial charge on any atom is -0.454 e. The van der Waals surface area contributed by atoms with Gasteiger partial charge in [-0.1, -0.05) is 30.3 Å². The SMILES string of the molecule is Cl.c1ccc2c(N3CCN(CCc4ccc5c(c4)OCO5)CC3)nccc2c1. The molecule has 0 N–H and O–H groups in total. The Morgan fingerprint density at radius 1 is 0.893 bits per heavy atom. The summed E-state index contributed by atoms with van der Waals surface area (Å²) in [4.78, 5) is 9.61. The van der Waals surface area contributed by atoms with Crippen LogP contribution in [0.4, 0.5) is 5.82 Å². The molecule has 0 spiro atoms. The van der Waals surface area contributed by atoms with Gasteiger partial charge in [0.2, 0.25) is 6.79 Å². The van der Waals surface area contributed by atoms with Crippen LogP contribution in [-0.2, 0) is 6.42 Å². The van der Waals surface area contributed by atoms with Crippen LogP contribution in [0.3, 0.4) is 0 Å². The van der Waals surface area contributed by atoms with Gasteiger partial charge in [-0.15, -0.1) is 12.4 Å². The van der Waals surface area contributed by atoms with E-state index >= 15 is 0 Å². The zero-order valence-corrected chi connectivity index (χ0v) is 16.5. The molecule has 1 fully saturated rings. The van der Waals surface area contributed by atoms with Gasteiger partial charge in [0, 0.05) is 44.3 Å². The third kappa shape index (κ3) is 3.73. The zero-order valence-electron chi connectivity index (χ0n) is 15.7. The van der Waals surface area contributed by atoms with Crippen LogP contribution in [0.15, 0.2) is 54.7 Å². The molecule has 28 heavy (non-hydrogen) atoms. The number of halogens is 1. The van der Waals surface area contributed by atoms with E-state index in [-0.39, 0.29) is 12.4 Å². The molecule has 146 valence electrons. The summed E-state index contributed by atoms with van der Waals surface area (Å²) in [7, 11) is 0. The van der Waals surface area contributed by atoms with Crippen molar-refractivity contribution in [3.8, 4) is 11.5 Å². The number of piperazine rings is 1. The van der Waals surface area contributed by atoms with Crippen molar-refractivity contribution in [1.82, 2.24) is 9.88 Å². The molecule has 0 bridgehead atoms. The van der Waals surface area contributed by atoms with E-state index in [4.69, 9.17) is 9.47 Å². The van der Waals surface area contributed by atoms with E-state index in [0.717, 1.165) is 56.5 Å². The lowest BCUT2D eigenvalue weighted by atomic mass is 10.1. The third-order valence-corrected chi connectivity index (χ3v) is 5.48. The number of nitrogens with zero attached hydrogens (tertiary/aromatic N) is 3. The van der Waals surface area contributed by atoms with Gasteiger partial charge in [-0.2, -0.15) is 0 Å². The van der Waals surface area contributed by atoms with E-state index in [0.29, 0.717) is 6.79 Å². The monoisotopic (exact) mass is 397 g/mol. The minimum absolute atomic E-state index is 0. The van der Waals surface area contributed by atoms with Crippen molar-refractivity contribution in [2.45, 2.75) is 6.42 Å². The Morgan fingerprint density at radius 2 is 1.71 bits per heavy atom. The van der Waals surface area contributed by atoms with Crippen molar-refractivity contribution in [3.05, 3.63) is 60.3 Å². The predicted molar refractivity (Wildman–Crippen MR) is 114 cm³/mol. The van der Waals surface area contributed by atoms with E-state index in [1.165, 1.54) is 16.3 Å². The van der Waals surface area contributed by atoms with Crippen molar-refractivity contribution in [2.24, 2.45) is 0 Å². The second-order valence-electron chi connectivity index (χ2n) is 7.12. The van der Waals surface area contributed by atoms with Gasteiger partial charge < -0.3 is 14.4 Å². The molecule has 0 radical (unpaired) electrons. The van der Waals surface area contributed by atoms with Crippen molar-refractivity contribution in [1.29, 1.82) is 0 Å². The number of benzene rings is 2. The molecule has 0 amide bonds. The number of ether oxygens (including phenoxy) is 2. The molecule has 2 aliphatic heterocycles. The Balaban J connectivity index is 0.00000192. The van der Waals surface area contributed by atoms with Gasteiger partial charge in [0.1, 0.15) is 5.82 Å². The summed E-state index contributed by atoms with van der Waals surface area (Å²) in [6.45, 7) is 5.56. The van der Waals surface area contributed by atoms with E-state index in [1.807, 2.05) is 12.3 Å². The quantitative estimate of drug-likeness (QED) is 0.670. The molecule has 3 aromatic rings. The first-order valence-electron chi connectivity index (χ1n) is 9.56. The Bertz CT molecular complexity index is 952. The molecule has 0 unspecified atom stereocenters. The lowest BCUT2D eigenvalue weighted by Crippen LogP contribution is -2.47. The molecular weight excluding hydrogens is 374 g/mol. The summed E-state index contributed by atoms with van der Waals surface area (Å²) in [5.41, 5.74) is 1.30. The van der Waals surface area contributed by atoms with Gasteiger partial charge >= 0.3 is 0 Å². The molecule has 0 saturated carbocycles. The van der Waals surface area contributed by atoms with Crippen LogP contribution in [-0.4, -0.2) is 49.4 Å². The highest BCUT2D eigenvalue weighted by atomic mass is 35.5. The van der Waals surface area contributed by atoms with Crippen molar-refractivity contribution < 1.29 is 9.47 Å². The van der Waals surface area contributed by atoms with Crippen LogP contribution >= 0.6 is 12.4 Å². The fraction of sp³-hybridized carbons (Fsp3) is 0.318. The topological polar surface area (TPSA) is 37.8 Å². The smallest absolute Gasteiger partial charge is 0.231 e. The van der Waals surface area contributed by atoms with Gasteiger partial charge in [0.05, 0.1) is 0 Å². The summed E-state index contributed by atoms with van der Waals surface area (Å²) >= 11 is 0. The van der Waals surface area contributed by atoms with Crippen LogP contribution in [0.2, 0.25) is 0 Å². The molecule has 2 aromatic carbocycles. The number of pyridine rings is 1. The van der Waals surface area contributed by atoms with Crippen LogP contribution in [0.1, 0.15) is 5.56 Å². The van der Waals surface area contributed by atoms with Gasteiger partial charge in [-0.05, 0) is 35.6 Å². The summed E-state index contributed by atoms with van der Waals surface area (Å²) < 4.78 is 10.9. The number of fused-ring (bicyclic) bond motifs is 2. The molecule has 1 saturated heterocycles. The molecule has 5 nitrogen and oxygen atoms in total. The largest absolute Gasteiger partial charge is 0.454 e. The first kappa shape index (κ1) is 18.8. The number of aromatic nitrogens is 1. The highest BCUT2D eigenvalue weighted by molar-refractivity contribution is 5.92. The van der Waals surface area contributed by atoms with E-state index in [9.17, 15) is 0 Å². The number of hydrogen-bond acceptors (Lipinski definition) is 5. The molecule has 0 aliphatic carbocycles. The Labute approximate surface area is 171 Å². The van der Waals surface area contributed by atoms with Gasteiger partial charge in [-0.3, -0.25) is 4.90 Å². The Kier molecular flexibility index (Phi) is 5.55. The summed E-state index contributed by atoms with van der Waals surface area (Å²) in [5, 5.41) is 2.50. The van der Waals surface area contributed by atoms with Crippen molar-refractivity contribution >= 4 is 29.0 Å². The maximum atomic E-state index is 5.48. The average molecular weight is 398 g/mol. The fourth-order valence-corrected chi connectivity index (χ4v) is 3.92. The molecule has 5 rings (SSSR count). The average Bonchev–Trinajstić information content (AvgIpc) is 3.20. The highest BCUT2D eigenvalue weighted by Crippen LogP contribution is 2.32. The van der Waals surface area contributed by atoms with Crippen LogP contribution < -0.4 is 14.4 Å². The molecule has 6 heteroatoms. The summed E-state index contributed by atoms with van der Waals surface area (Å²) in [5.74, 6) is 2.85. The second kappa shape index (κ2) is 8.25. The molecule has 1 aromatic heterocycles. The summed E-state index contributed by atoms with van der Waals surface area (Å²) in [6.07, 6.45) is 2.95. The molecule has 0 atom stereocenters. The minimum atomic E-state index is 0. The lowest BCUT2D eigenvalue weighted by molar-refractivity contribution is 0.174. The highest BCUT2D eigenvalue weighted by Gasteiger charge is 2.20. The Hall–Kier alpha value is -2.50. The first-order valence-corrected chi connectivity index (χ1v) is 9.56. The van der Waals surface area contributed by atoms with Gasteiger partial charge in [0.25, 0.3) is 0 Å². The number of anilines is 1. The van der Waals surface area contributed by atoms with Crippen LogP contribution in [0, 0.1) is 0 Å². The number of hydrogen-bond donors (Lipinski definition) is 0.